The average Bonchev–Trinajstić information content (AvgIpc) is 3.11. The summed E-state index contributed by atoms with van der Waals surface area (Å²) in [5.41, 5.74) is 3.67. The Morgan fingerprint density at radius 2 is 2.07 bits per heavy atom. The lowest BCUT2D eigenvalue weighted by Gasteiger charge is -2.17. The monoisotopic (exact) mass is 203 g/mol. The highest BCUT2D eigenvalue weighted by Gasteiger charge is 2.31. The van der Waals surface area contributed by atoms with E-state index in [-0.39, 0.29) is 6.10 Å². The highest BCUT2D eigenvalue weighted by Crippen LogP contribution is 2.41. The van der Waals surface area contributed by atoms with Crippen LogP contribution in [-0.2, 0) is 12.8 Å². The third-order valence-electron chi connectivity index (χ3n) is 3.60. The molecule has 0 bridgehead atoms. The molecular formula is C13H17NO. The van der Waals surface area contributed by atoms with Gasteiger partial charge in [-0.25, -0.2) is 0 Å². The molecule has 1 atom stereocenters. The maximum absolute atomic E-state index is 10.0. The predicted octanol–water partition coefficient (Wildman–Crippen LogP) is 2.40. The lowest BCUT2D eigenvalue weighted by atomic mass is 9.93. The van der Waals surface area contributed by atoms with E-state index in [1.54, 1.807) is 0 Å². The summed E-state index contributed by atoms with van der Waals surface area (Å²) in [5, 5.41) is 10.0. The molecule has 2 heteroatoms. The minimum Gasteiger partial charge on any atom is -0.388 e. The fraction of sp³-hybridized carbons (Fsp3) is 0.615. The second kappa shape index (κ2) is 3.60. The van der Waals surface area contributed by atoms with E-state index in [4.69, 9.17) is 0 Å². The fourth-order valence-electron chi connectivity index (χ4n) is 2.45. The van der Waals surface area contributed by atoms with Crippen LogP contribution in [0.2, 0.25) is 0 Å². The van der Waals surface area contributed by atoms with Gasteiger partial charge in [0.1, 0.15) is 0 Å². The number of rotatable bonds is 2. The molecule has 0 spiro atoms. The lowest BCUT2D eigenvalue weighted by molar-refractivity contribution is 0.153. The molecule has 0 unspecified atom stereocenters. The van der Waals surface area contributed by atoms with Crippen LogP contribution in [0, 0.1) is 5.92 Å². The molecule has 1 aromatic heterocycles. The Morgan fingerprint density at radius 3 is 2.87 bits per heavy atom. The van der Waals surface area contributed by atoms with E-state index >= 15 is 0 Å². The zero-order valence-corrected chi connectivity index (χ0v) is 8.95. The van der Waals surface area contributed by atoms with Crippen molar-refractivity contribution in [3.63, 3.8) is 0 Å². The molecule has 2 nitrogen and oxygen atoms in total. The number of nitrogens with zero attached hydrogens (tertiary/aromatic N) is 1. The van der Waals surface area contributed by atoms with Crippen LogP contribution in [0.4, 0.5) is 0 Å². The van der Waals surface area contributed by atoms with Gasteiger partial charge in [0.25, 0.3) is 0 Å². The van der Waals surface area contributed by atoms with Crippen molar-refractivity contribution in [2.45, 2.75) is 44.6 Å². The maximum Gasteiger partial charge on any atom is 0.0833 e. The summed E-state index contributed by atoms with van der Waals surface area (Å²) in [5.74, 6) is 0.508. The van der Waals surface area contributed by atoms with Crippen molar-refractivity contribution in [1.29, 1.82) is 0 Å². The Hall–Kier alpha value is -0.890. The van der Waals surface area contributed by atoms with Crippen LogP contribution in [0.5, 0.6) is 0 Å². The third-order valence-corrected chi connectivity index (χ3v) is 3.60. The standard InChI is InChI=1S/C13H17NO/c15-13(9-5-6-9)11-7-10-3-1-2-4-12(10)14-8-11/h7-9,13,15H,1-6H2/t13-/m0/s1. The summed E-state index contributed by atoms with van der Waals surface area (Å²) in [7, 11) is 0. The summed E-state index contributed by atoms with van der Waals surface area (Å²) in [6.45, 7) is 0. The Kier molecular flexibility index (Phi) is 2.24. The molecule has 1 N–H and O–H groups in total. The Morgan fingerprint density at radius 1 is 1.27 bits per heavy atom. The molecule has 1 heterocycles. The number of aromatic nitrogens is 1. The third kappa shape index (κ3) is 1.78. The van der Waals surface area contributed by atoms with E-state index in [1.807, 2.05) is 6.20 Å². The topological polar surface area (TPSA) is 33.1 Å². The van der Waals surface area contributed by atoms with Crippen LogP contribution < -0.4 is 0 Å². The van der Waals surface area contributed by atoms with Crippen molar-refractivity contribution < 1.29 is 5.11 Å². The van der Waals surface area contributed by atoms with Gasteiger partial charge in [0.15, 0.2) is 0 Å². The van der Waals surface area contributed by atoms with Crippen molar-refractivity contribution in [3.8, 4) is 0 Å². The molecule has 0 aromatic carbocycles. The fourth-order valence-corrected chi connectivity index (χ4v) is 2.45. The second-order valence-corrected chi connectivity index (χ2v) is 4.86. The number of pyridine rings is 1. The van der Waals surface area contributed by atoms with Crippen molar-refractivity contribution in [2.75, 3.05) is 0 Å². The van der Waals surface area contributed by atoms with E-state index < -0.39 is 0 Å². The average molecular weight is 203 g/mol. The smallest absolute Gasteiger partial charge is 0.0833 e. The minimum atomic E-state index is -0.260. The molecule has 0 radical (unpaired) electrons. The molecule has 2 aliphatic rings. The van der Waals surface area contributed by atoms with Crippen molar-refractivity contribution in [2.24, 2.45) is 5.92 Å². The van der Waals surface area contributed by atoms with Crippen molar-refractivity contribution >= 4 is 0 Å². The van der Waals surface area contributed by atoms with Crippen LogP contribution in [0.25, 0.3) is 0 Å². The van der Waals surface area contributed by atoms with Gasteiger partial charge in [0.05, 0.1) is 6.10 Å². The molecule has 1 fully saturated rings. The Bertz CT molecular complexity index is 371. The number of aryl methyl sites for hydroxylation is 2. The van der Waals surface area contributed by atoms with Crippen LogP contribution in [0.15, 0.2) is 12.3 Å². The van der Waals surface area contributed by atoms with Gasteiger partial charge in [-0.1, -0.05) is 0 Å². The summed E-state index contributed by atoms with van der Waals surface area (Å²) >= 11 is 0. The molecule has 80 valence electrons. The number of fused-ring (bicyclic) bond motifs is 1. The molecule has 0 amide bonds. The number of aliphatic hydroxyl groups excluding tert-OH is 1. The van der Waals surface area contributed by atoms with Gasteiger partial charge in [0, 0.05) is 11.9 Å². The van der Waals surface area contributed by atoms with Gasteiger partial charge >= 0.3 is 0 Å². The van der Waals surface area contributed by atoms with E-state index in [1.165, 1.54) is 36.9 Å². The summed E-state index contributed by atoms with van der Waals surface area (Å²) in [6.07, 6.45) is 8.79. The minimum absolute atomic E-state index is 0.260. The Balaban J connectivity index is 1.89. The zero-order chi connectivity index (χ0) is 10.3. The van der Waals surface area contributed by atoms with E-state index in [0.29, 0.717) is 5.92 Å². The Labute approximate surface area is 90.4 Å². The first-order valence-electron chi connectivity index (χ1n) is 6.00. The van der Waals surface area contributed by atoms with Crippen molar-refractivity contribution in [1.82, 2.24) is 4.98 Å². The lowest BCUT2D eigenvalue weighted by Crippen LogP contribution is -2.08. The molecule has 15 heavy (non-hydrogen) atoms. The van der Waals surface area contributed by atoms with Gasteiger partial charge in [-0.3, -0.25) is 4.98 Å². The molecule has 0 saturated heterocycles. The predicted molar refractivity (Wildman–Crippen MR) is 58.6 cm³/mol. The van der Waals surface area contributed by atoms with Gasteiger partial charge in [-0.05, 0) is 61.6 Å². The largest absolute Gasteiger partial charge is 0.388 e. The SMILES string of the molecule is O[C@H](c1cnc2c(c1)CCCC2)C1CC1. The summed E-state index contributed by atoms with van der Waals surface area (Å²) in [4.78, 5) is 4.49. The first-order valence-corrected chi connectivity index (χ1v) is 6.00. The van der Waals surface area contributed by atoms with Gasteiger partial charge in [-0.15, -0.1) is 0 Å². The molecule has 1 saturated carbocycles. The van der Waals surface area contributed by atoms with Gasteiger partial charge < -0.3 is 5.11 Å². The maximum atomic E-state index is 10.0. The second-order valence-electron chi connectivity index (χ2n) is 4.86. The first-order chi connectivity index (χ1) is 7.34. The molecule has 2 aliphatic carbocycles. The number of hydrogen-bond acceptors (Lipinski definition) is 2. The number of hydrogen-bond donors (Lipinski definition) is 1. The van der Waals surface area contributed by atoms with Crippen LogP contribution in [0.1, 0.15) is 48.6 Å². The molecule has 1 aromatic rings. The number of aliphatic hydroxyl groups is 1. The summed E-state index contributed by atoms with van der Waals surface area (Å²) < 4.78 is 0. The molecular weight excluding hydrogens is 186 g/mol. The van der Waals surface area contributed by atoms with E-state index in [2.05, 4.69) is 11.1 Å². The van der Waals surface area contributed by atoms with Crippen molar-refractivity contribution in [3.05, 3.63) is 29.1 Å². The van der Waals surface area contributed by atoms with Gasteiger partial charge in [-0.2, -0.15) is 0 Å². The zero-order valence-electron chi connectivity index (χ0n) is 8.95. The highest BCUT2D eigenvalue weighted by molar-refractivity contribution is 5.29. The molecule has 3 rings (SSSR count). The van der Waals surface area contributed by atoms with Crippen LogP contribution in [-0.4, -0.2) is 10.1 Å². The molecule has 0 aliphatic heterocycles. The van der Waals surface area contributed by atoms with Crippen LogP contribution >= 0.6 is 0 Å². The van der Waals surface area contributed by atoms with Crippen LogP contribution in [0.3, 0.4) is 0 Å². The van der Waals surface area contributed by atoms with E-state index in [0.717, 1.165) is 18.4 Å². The highest BCUT2D eigenvalue weighted by atomic mass is 16.3. The normalized spacial score (nSPS) is 22.2. The quantitative estimate of drug-likeness (QED) is 0.800. The van der Waals surface area contributed by atoms with E-state index in [9.17, 15) is 5.11 Å². The van der Waals surface area contributed by atoms with Gasteiger partial charge in [0.2, 0.25) is 0 Å². The first kappa shape index (κ1) is 9.34. The summed E-state index contributed by atoms with van der Waals surface area (Å²) in [6, 6.07) is 2.18.